The second kappa shape index (κ2) is 18.2. The van der Waals surface area contributed by atoms with Gasteiger partial charge < -0.3 is 42.6 Å². The quantitative estimate of drug-likeness (QED) is 0.150. The molecular weight excluding hydrogens is 692 g/mol. The Morgan fingerprint density at radius 1 is 0.623 bits per heavy atom. The van der Waals surface area contributed by atoms with Crippen LogP contribution in [-0.4, -0.2) is 116 Å². The molecule has 6 heterocycles. The van der Waals surface area contributed by atoms with Gasteiger partial charge in [-0.2, -0.15) is 0 Å². The van der Waals surface area contributed by atoms with Crippen molar-refractivity contribution in [3.63, 3.8) is 0 Å². The van der Waals surface area contributed by atoms with Crippen LogP contribution in [0.3, 0.4) is 0 Å². The standard InChI is InChI=1S/C20H19NO7.C18H23NO6/c1-24-14-7-3-2-6-13(14)20(23)28-16-11-26-17-15(10-25-18(16)17)27-19(22)12-5-4-8-21-9-12;1-2-3-4-7-15(20)24-13-10-22-17-14(11-23-16(13)17)25-18(21)12-6-5-8-19-9-12/h2-9,15-18H,10-11H2,1H3;5-6,8-9,13-14,16-17H,2-4,7,10-11H2,1H3/t15?,16?,17?,18-;13?,14?,16-,17?/m11/s1. The summed E-state index contributed by atoms with van der Waals surface area (Å²) < 4.78 is 50.0. The van der Waals surface area contributed by atoms with Crippen molar-refractivity contribution in [3.8, 4) is 5.75 Å². The Balaban J connectivity index is 0.000000183. The van der Waals surface area contributed by atoms with Gasteiger partial charge in [0.2, 0.25) is 0 Å². The van der Waals surface area contributed by atoms with Crippen molar-refractivity contribution in [3.05, 3.63) is 90.0 Å². The monoisotopic (exact) mass is 734 g/mol. The summed E-state index contributed by atoms with van der Waals surface area (Å²) in [4.78, 5) is 56.6. The van der Waals surface area contributed by atoms with E-state index < -0.39 is 60.6 Å². The van der Waals surface area contributed by atoms with E-state index in [0.29, 0.717) is 28.9 Å². The van der Waals surface area contributed by atoms with Crippen LogP contribution in [0.1, 0.15) is 63.7 Å². The summed E-state index contributed by atoms with van der Waals surface area (Å²) in [7, 11) is 1.49. The number of benzene rings is 1. The number of para-hydroxylation sites is 1. The highest BCUT2D eigenvalue weighted by molar-refractivity contribution is 5.92. The van der Waals surface area contributed by atoms with Gasteiger partial charge in [-0.3, -0.25) is 14.8 Å². The number of methoxy groups -OCH3 is 1. The van der Waals surface area contributed by atoms with Gasteiger partial charge in [-0.15, -0.1) is 0 Å². The van der Waals surface area contributed by atoms with Crippen LogP contribution in [-0.2, 0) is 42.7 Å². The number of esters is 4. The molecule has 7 rings (SSSR count). The number of aromatic nitrogens is 2. The summed E-state index contributed by atoms with van der Waals surface area (Å²) in [5.41, 5.74) is 1.05. The first-order valence-corrected chi connectivity index (χ1v) is 17.6. The highest BCUT2D eigenvalue weighted by Crippen LogP contribution is 2.33. The number of carbonyl (C=O) groups excluding carboxylic acids is 4. The number of rotatable bonds is 12. The molecule has 6 unspecified atom stereocenters. The summed E-state index contributed by atoms with van der Waals surface area (Å²) in [5, 5.41) is 0. The molecule has 0 bridgehead atoms. The molecule has 4 aliphatic heterocycles. The number of nitrogens with zero attached hydrogens (tertiary/aromatic N) is 2. The van der Waals surface area contributed by atoms with Gasteiger partial charge in [-0.25, -0.2) is 14.4 Å². The van der Waals surface area contributed by atoms with Crippen molar-refractivity contribution in [1.82, 2.24) is 9.97 Å². The number of pyridine rings is 2. The van der Waals surface area contributed by atoms with E-state index in [0.717, 1.165) is 19.3 Å². The minimum absolute atomic E-state index is 0.164. The van der Waals surface area contributed by atoms with E-state index in [1.165, 1.54) is 19.5 Å². The second-order valence-corrected chi connectivity index (χ2v) is 12.7. The zero-order chi connectivity index (χ0) is 37.2. The molecule has 0 spiro atoms. The predicted molar refractivity (Wildman–Crippen MR) is 182 cm³/mol. The number of carbonyl (C=O) groups is 4. The maximum atomic E-state index is 12.5. The lowest BCUT2D eigenvalue weighted by molar-refractivity contribution is -0.153. The Bertz CT molecular complexity index is 1690. The number of unbranched alkanes of at least 4 members (excludes halogenated alkanes) is 2. The van der Waals surface area contributed by atoms with Crippen LogP contribution in [0.5, 0.6) is 5.75 Å². The van der Waals surface area contributed by atoms with Gasteiger partial charge >= 0.3 is 23.9 Å². The first kappa shape index (κ1) is 37.8. The fourth-order valence-electron chi connectivity index (χ4n) is 6.40. The van der Waals surface area contributed by atoms with E-state index in [9.17, 15) is 19.2 Å². The van der Waals surface area contributed by atoms with Gasteiger partial charge in [0, 0.05) is 31.2 Å². The van der Waals surface area contributed by atoms with Crippen molar-refractivity contribution >= 4 is 23.9 Å². The molecule has 0 saturated carbocycles. The first-order valence-electron chi connectivity index (χ1n) is 17.6. The lowest BCUT2D eigenvalue weighted by atomic mass is 10.1. The maximum absolute atomic E-state index is 12.5. The fraction of sp³-hybridized carbons (Fsp3) is 0.474. The number of ether oxygens (including phenoxy) is 9. The minimum atomic E-state index is -0.593. The average Bonchev–Trinajstić information content (AvgIpc) is 3.98. The van der Waals surface area contributed by atoms with Crippen LogP contribution in [0.25, 0.3) is 0 Å². The van der Waals surface area contributed by atoms with E-state index in [1.807, 2.05) is 0 Å². The third-order valence-electron chi connectivity index (χ3n) is 9.09. The maximum Gasteiger partial charge on any atom is 0.342 e. The van der Waals surface area contributed by atoms with Gasteiger partial charge in [0.05, 0.1) is 44.7 Å². The van der Waals surface area contributed by atoms with Crippen LogP contribution in [0, 0.1) is 0 Å². The average molecular weight is 735 g/mol. The summed E-state index contributed by atoms with van der Waals surface area (Å²) >= 11 is 0. The van der Waals surface area contributed by atoms with Crippen molar-refractivity contribution in [2.24, 2.45) is 0 Å². The normalized spacial score (nSPS) is 26.7. The third kappa shape index (κ3) is 9.35. The van der Waals surface area contributed by atoms with Gasteiger partial charge in [0.1, 0.15) is 35.7 Å². The van der Waals surface area contributed by atoms with Gasteiger partial charge in [-0.05, 0) is 42.8 Å². The van der Waals surface area contributed by atoms with E-state index in [2.05, 4.69) is 16.9 Å². The third-order valence-corrected chi connectivity index (χ3v) is 9.09. The Hall–Kier alpha value is -4.96. The molecule has 15 heteroatoms. The summed E-state index contributed by atoms with van der Waals surface area (Å²) in [6.07, 6.45) is 5.43. The van der Waals surface area contributed by atoms with Gasteiger partial charge in [0.25, 0.3) is 0 Å². The summed E-state index contributed by atoms with van der Waals surface area (Å²) in [6.45, 7) is 2.91. The van der Waals surface area contributed by atoms with E-state index in [4.69, 9.17) is 42.6 Å². The first-order chi connectivity index (χ1) is 25.9. The molecule has 2 aromatic heterocycles. The number of hydrogen-bond donors (Lipinski definition) is 0. The van der Waals surface area contributed by atoms with Crippen LogP contribution in [0.4, 0.5) is 0 Å². The lowest BCUT2D eigenvalue weighted by Crippen LogP contribution is -2.36. The van der Waals surface area contributed by atoms with Crippen molar-refractivity contribution < 1.29 is 61.8 Å². The molecule has 4 saturated heterocycles. The smallest absolute Gasteiger partial charge is 0.342 e. The molecule has 1 aromatic carbocycles. The Labute approximate surface area is 306 Å². The zero-order valence-electron chi connectivity index (χ0n) is 29.4. The highest BCUT2D eigenvalue weighted by Gasteiger charge is 2.52. The number of fused-ring (bicyclic) bond motifs is 2. The Kier molecular flexibility index (Phi) is 13.0. The van der Waals surface area contributed by atoms with Crippen molar-refractivity contribution in [2.45, 2.75) is 81.4 Å². The molecule has 0 N–H and O–H groups in total. The molecule has 8 atom stereocenters. The molecule has 4 fully saturated rings. The van der Waals surface area contributed by atoms with E-state index >= 15 is 0 Å². The van der Waals surface area contributed by atoms with E-state index in [1.54, 1.807) is 60.9 Å². The van der Waals surface area contributed by atoms with Crippen molar-refractivity contribution in [1.29, 1.82) is 0 Å². The number of hydrogen-bond acceptors (Lipinski definition) is 15. The molecular formula is C38H42N2O13. The Morgan fingerprint density at radius 2 is 1.09 bits per heavy atom. The molecule has 282 valence electrons. The van der Waals surface area contributed by atoms with E-state index in [-0.39, 0.29) is 38.5 Å². The molecule has 53 heavy (non-hydrogen) atoms. The zero-order valence-corrected chi connectivity index (χ0v) is 29.4. The van der Waals surface area contributed by atoms with Crippen LogP contribution in [0.2, 0.25) is 0 Å². The molecule has 0 aliphatic carbocycles. The molecule has 0 radical (unpaired) electrons. The van der Waals surface area contributed by atoms with Crippen LogP contribution in [0.15, 0.2) is 73.3 Å². The van der Waals surface area contributed by atoms with Crippen LogP contribution >= 0.6 is 0 Å². The molecule has 15 nitrogen and oxygen atoms in total. The second-order valence-electron chi connectivity index (χ2n) is 12.7. The molecule has 3 aromatic rings. The van der Waals surface area contributed by atoms with Gasteiger partial charge in [-0.1, -0.05) is 31.9 Å². The highest BCUT2D eigenvalue weighted by atomic mass is 16.7. The molecule has 0 amide bonds. The predicted octanol–water partition coefficient (Wildman–Crippen LogP) is 3.54. The van der Waals surface area contributed by atoms with Crippen molar-refractivity contribution in [2.75, 3.05) is 33.5 Å². The molecule has 4 aliphatic rings. The minimum Gasteiger partial charge on any atom is -0.496 e. The topological polar surface area (TPSA) is 177 Å². The van der Waals surface area contributed by atoms with Crippen LogP contribution < -0.4 is 4.74 Å². The summed E-state index contributed by atoms with van der Waals surface area (Å²) in [6, 6.07) is 13.4. The fourth-order valence-corrected chi connectivity index (χ4v) is 6.40. The summed E-state index contributed by atoms with van der Waals surface area (Å²) in [5.74, 6) is -1.29. The van der Waals surface area contributed by atoms with Gasteiger partial charge in [0.15, 0.2) is 24.4 Å². The SMILES string of the molecule is CCCCCC(=O)OC1COC2C(OC(=O)c3cccnc3)CO[C@H]12.COc1ccccc1C(=O)OC1COC2C(OC(=O)c3cccnc3)CO[C@H]12. The lowest BCUT2D eigenvalue weighted by Gasteiger charge is -2.17. The Morgan fingerprint density at radius 3 is 1.55 bits per heavy atom. The largest absolute Gasteiger partial charge is 0.496 e.